The summed E-state index contributed by atoms with van der Waals surface area (Å²) in [5, 5.41) is 3.20. The van der Waals surface area contributed by atoms with Crippen molar-refractivity contribution in [3.8, 4) is 0 Å². The van der Waals surface area contributed by atoms with Crippen LogP contribution in [0.4, 0.5) is 0 Å². The highest BCUT2D eigenvalue weighted by molar-refractivity contribution is 5.58. The van der Waals surface area contributed by atoms with E-state index >= 15 is 0 Å². The van der Waals surface area contributed by atoms with Gasteiger partial charge in [-0.2, -0.15) is 0 Å². The van der Waals surface area contributed by atoms with Crippen LogP contribution in [0.25, 0.3) is 0 Å². The summed E-state index contributed by atoms with van der Waals surface area (Å²) in [5.74, 6) is 0. The van der Waals surface area contributed by atoms with Crippen molar-refractivity contribution in [3.63, 3.8) is 0 Å². The lowest BCUT2D eigenvalue weighted by Gasteiger charge is -2.06. The average Bonchev–Trinajstić information content (AvgIpc) is 2.37. The number of carbonyl (C=O) groups excluding carboxylic acids is 1. The number of nitrogens with one attached hydrogen (secondary N) is 1. The molecule has 1 heterocycles. The molecular weight excluding hydrogens is 126 g/mol. The fraction of sp³-hybridized carbons (Fsp3) is 0.625. The fourth-order valence-corrected chi connectivity index (χ4v) is 1.34. The van der Waals surface area contributed by atoms with Gasteiger partial charge in [0.05, 0.1) is 6.04 Å². The Morgan fingerprint density at radius 2 is 2.40 bits per heavy atom. The van der Waals surface area contributed by atoms with E-state index in [4.69, 9.17) is 0 Å². The van der Waals surface area contributed by atoms with Gasteiger partial charge in [0.15, 0.2) is 0 Å². The molecule has 2 heteroatoms. The summed E-state index contributed by atoms with van der Waals surface area (Å²) in [6.45, 7) is 3.65. The molecule has 0 aromatic heterocycles. The first kappa shape index (κ1) is 7.48. The van der Waals surface area contributed by atoms with Gasteiger partial charge in [-0.1, -0.05) is 6.08 Å². The highest BCUT2D eigenvalue weighted by Gasteiger charge is 2.21. The number of hydrogen-bond acceptors (Lipinski definition) is 2. The normalized spacial score (nSPS) is 32.0. The average molecular weight is 139 g/mol. The second kappa shape index (κ2) is 3.52. The molecule has 1 saturated heterocycles. The van der Waals surface area contributed by atoms with Crippen molar-refractivity contribution >= 4 is 6.29 Å². The topological polar surface area (TPSA) is 29.1 Å². The van der Waals surface area contributed by atoms with E-state index < -0.39 is 0 Å². The Balaban J connectivity index is 2.27. The molecule has 10 heavy (non-hydrogen) atoms. The number of hydrogen-bond donors (Lipinski definition) is 1. The number of carbonyl (C=O) groups is 1. The molecule has 0 aromatic carbocycles. The van der Waals surface area contributed by atoms with Crippen LogP contribution < -0.4 is 5.32 Å². The number of aldehydes is 1. The summed E-state index contributed by atoms with van der Waals surface area (Å²) < 4.78 is 0. The first-order valence-corrected chi connectivity index (χ1v) is 3.69. The van der Waals surface area contributed by atoms with Gasteiger partial charge in [0.1, 0.15) is 6.29 Å². The molecule has 2 atom stereocenters. The quantitative estimate of drug-likeness (QED) is 0.464. The van der Waals surface area contributed by atoms with Crippen molar-refractivity contribution in [2.24, 2.45) is 0 Å². The molecule has 0 aromatic rings. The van der Waals surface area contributed by atoms with E-state index in [1.807, 2.05) is 6.08 Å². The highest BCUT2D eigenvalue weighted by atomic mass is 16.1. The molecule has 0 radical (unpaired) electrons. The van der Waals surface area contributed by atoms with E-state index in [1.54, 1.807) is 0 Å². The Bertz CT molecular complexity index is 133. The minimum atomic E-state index is 0.102. The lowest BCUT2D eigenvalue weighted by atomic mass is 10.1. The first-order valence-electron chi connectivity index (χ1n) is 3.69. The van der Waals surface area contributed by atoms with Crippen LogP contribution in [0.1, 0.15) is 19.3 Å². The van der Waals surface area contributed by atoms with Gasteiger partial charge < -0.3 is 10.1 Å². The van der Waals surface area contributed by atoms with Crippen molar-refractivity contribution in [1.82, 2.24) is 5.32 Å². The van der Waals surface area contributed by atoms with Gasteiger partial charge in [0.25, 0.3) is 0 Å². The summed E-state index contributed by atoms with van der Waals surface area (Å²) in [5.41, 5.74) is 0. The van der Waals surface area contributed by atoms with Crippen LogP contribution in [0.2, 0.25) is 0 Å². The third-order valence-electron chi connectivity index (χ3n) is 1.89. The van der Waals surface area contributed by atoms with Gasteiger partial charge in [-0.15, -0.1) is 6.58 Å². The maximum atomic E-state index is 10.3. The van der Waals surface area contributed by atoms with E-state index in [0.717, 1.165) is 25.5 Å². The highest BCUT2D eigenvalue weighted by Crippen LogP contribution is 2.13. The van der Waals surface area contributed by atoms with Crippen molar-refractivity contribution < 1.29 is 4.79 Å². The third kappa shape index (κ3) is 1.67. The molecule has 1 fully saturated rings. The maximum absolute atomic E-state index is 10.3. The standard InChI is InChI=1S/C8H13NO/c1-2-3-7-4-5-8(6-10)9-7/h2,6-9H,1,3-5H2/t7?,8-/m0/s1. The van der Waals surface area contributed by atoms with Gasteiger partial charge in [-0.3, -0.25) is 0 Å². The van der Waals surface area contributed by atoms with E-state index in [2.05, 4.69) is 11.9 Å². The lowest BCUT2D eigenvalue weighted by Crippen LogP contribution is -2.29. The minimum absolute atomic E-state index is 0.102. The van der Waals surface area contributed by atoms with Crippen LogP contribution in [-0.2, 0) is 4.79 Å². The zero-order chi connectivity index (χ0) is 7.40. The second-order valence-electron chi connectivity index (χ2n) is 2.71. The molecule has 0 aliphatic carbocycles. The molecule has 0 spiro atoms. The Morgan fingerprint density at radius 3 is 2.90 bits per heavy atom. The molecular formula is C8H13NO. The Labute approximate surface area is 61.3 Å². The smallest absolute Gasteiger partial charge is 0.136 e. The van der Waals surface area contributed by atoms with Crippen LogP contribution in [0.3, 0.4) is 0 Å². The van der Waals surface area contributed by atoms with Gasteiger partial charge in [0.2, 0.25) is 0 Å². The van der Waals surface area contributed by atoms with Gasteiger partial charge in [-0.05, 0) is 19.3 Å². The maximum Gasteiger partial charge on any atom is 0.136 e. The molecule has 0 saturated carbocycles. The molecule has 0 bridgehead atoms. The van der Waals surface area contributed by atoms with E-state index in [9.17, 15) is 4.79 Å². The fourth-order valence-electron chi connectivity index (χ4n) is 1.34. The predicted octanol–water partition coefficient (Wildman–Crippen LogP) is 0.882. The van der Waals surface area contributed by atoms with Crippen LogP contribution >= 0.6 is 0 Å². The summed E-state index contributed by atoms with van der Waals surface area (Å²) in [6, 6.07) is 0.595. The van der Waals surface area contributed by atoms with Crippen LogP contribution in [0.5, 0.6) is 0 Å². The Morgan fingerprint density at radius 1 is 1.60 bits per heavy atom. The van der Waals surface area contributed by atoms with Gasteiger partial charge in [-0.25, -0.2) is 0 Å². The molecule has 1 N–H and O–H groups in total. The SMILES string of the molecule is C=CCC1CC[C@@H](C=O)N1. The monoisotopic (exact) mass is 139 g/mol. The van der Waals surface area contributed by atoms with Gasteiger partial charge >= 0.3 is 0 Å². The predicted molar refractivity (Wildman–Crippen MR) is 40.8 cm³/mol. The summed E-state index contributed by atoms with van der Waals surface area (Å²) in [7, 11) is 0. The summed E-state index contributed by atoms with van der Waals surface area (Å²) in [6.07, 6.45) is 5.95. The summed E-state index contributed by atoms with van der Waals surface area (Å²) in [4.78, 5) is 10.3. The lowest BCUT2D eigenvalue weighted by molar-refractivity contribution is -0.109. The van der Waals surface area contributed by atoms with Crippen molar-refractivity contribution in [2.45, 2.75) is 31.3 Å². The van der Waals surface area contributed by atoms with Crippen molar-refractivity contribution in [3.05, 3.63) is 12.7 Å². The minimum Gasteiger partial charge on any atom is -0.305 e. The number of rotatable bonds is 3. The Hall–Kier alpha value is -0.630. The van der Waals surface area contributed by atoms with Crippen molar-refractivity contribution in [1.29, 1.82) is 0 Å². The van der Waals surface area contributed by atoms with E-state index in [-0.39, 0.29) is 6.04 Å². The zero-order valence-corrected chi connectivity index (χ0v) is 6.05. The Kier molecular flexibility index (Phi) is 2.63. The molecule has 1 aliphatic heterocycles. The third-order valence-corrected chi connectivity index (χ3v) is 1.89. The van der Waals surface area contributed by atoms with Gasteiger partial charge in [0, 0.05) is 6.04 Å². The molecule has 1 aliphatic rings. The van der Waals surface area contributed by atoms with Crippen LogP contribution in [0.15, 0.2) is 12.7 Å². The van der Waals surface area contributed by atoms with Crippen molar-refractivity contribution in [2.75, 3.05) is 0 Å². The van der Waals surface area contributed by atoms with E-state index in [0.29, 0.717) is 6.04 Å². The molecule has 56 valence electrons. The first-order chi connectivity index (χ1) is 4.86. The van der Waals surface area contributed by atoms with Crippen LogP contribution in [-0.4, -0.2) is 18.4 Å². The van der Waals surface area contributed by atoms with E-state index in [1.165, 1.54) is 0 Å². The summed E-state index contributed by atoms with van der Waals surface area (Å²) >= 11 is 0. The molecule has 1 unspecified atom stereocenters. The second-order valence-corrected chi connectivity index (χ2v) is 2.71. The molecule has 0 amide bonds. The zero-order valence-electron chi connectivity index (χ0n) is 6.05. The van der Waals surface area contributed by atoms with Crippen LogP contribution in [0, 0.1) is 0 Å². The molecule has 1 rings (SSSR count). The molecule has 2 nitrogen and oxygen atoms in total. The largest absolute Gasteiger partial charge is 0.305 e.